The number of aromatic amines is 1. The van der Waals surface area contributed by atoms with Crippen LogP contribution in [0.25, 0.3) is 10.9 Å². The predicted octanol–water partition coefficient (Wildman–Crippen LogP) is 4.20. The van der Waals surface area contributed by atoms with Crippen LogP contribution in [0.4, 0.5) is 0 Å². The minimum Gasteiger partial charge on any atom is -0.496 e. The maximum atomic E-state index is 13.4. The van der Waals surface area contributed by atoms with Crippen LogP contribution in [0.5, 0.6) is 5.75 Å². The number of piperidine rings is 2. The SMILES string of the molecule is COc1ccccc1CN(C[C@H](Cc1c[nH]c2ccccc12)NC(=O)CN1CCC(N2CCCCC2)CC1)C(C)=O. The highest BCUT2D eigenvalue weighted by Gasteiger charge is 2.27. The van der Waals surface area contributed by atoms with Crippen molar-refractivity contribution in [1.29, 1.82) is 0 Å². The molecule has 0 saturated carbocycles. The number of carbonyl (C=O) groups is 2. The van der Waals surface area contributed by atoms with Crippen molar-refractivity contribution in [1.82, 2.24) is 25.0 Å². The molecule has 2 aromatic carbocycles. The number of aromatic nitrogens is 1. The van der Waals surface area contributed by atoms with Gasteiger partial charge in [0.05, 0.1) is 19.7 Å². The maximum Gasteiger partial charge on any atom is 0.234 e. The summed E-state index contributed by atoms with van der Waals surface area (Å²) in [7, 11) is 1.65. The van der Waals surface area contributed by atoms with E-state index in [0.717, 1.165) is 53.7 Å². The lowest BCUT2D eigenvalue weighted by molar-refractivity contribution is -0.131. The summed E-state index contributed by atoms with van der Waals surface area (Å²) in [6.45, 7) is 7.17. The number of nitrogens with zero attached hydrogens (tertiary/aromatic N) is 3. The molecule has 41 heavy (non-hydrogen) atoms. The van der Waals surface area contributed by atoms with Crippen LogP contribution in [0.2, 0.25) is 0 Å². The van der Waals surface area contributed by atoms with E-state index < -0.39 is 0 Å². The van der Waals surface area contributed by atoms with Gasteiger partial charge in [-0.15, -0.1) is 0 Å². The third kappa shape index (κ3) is 7.68. The summed E-state index contributed by atoms with van der Waals surface area (Å²) in [6.07, 6.45) is 8.89. The molecule has 0 unspecified atom stereocenters. The van der Waals surface area contributed by atoms with E-state index in [0.29, 0.717) is 32.1 Å². The number of methoxy groups -OCH3 is 1. The van der Waals surface area contributed by atoms with Crippen LogP contribution in [-0.2, 0) is 22.6 Å². The summed E-state index contributed by atoms with van der Waals surface area (Å²) in [4.78, 5) is 36.3. The lowest BCUT2D eigenvalue weighted by Gasteiger charge is -2.40. The van der Waals surface area contributed by atoms with Crippen molar-refractivity contribution < 1.29 is 14.3 Å². The van der Waals surface area contributed by atoms with Crippen LogP contribution in [0.15, 0.2) is 54.7 Å². The average Bonchev–Trinajstić information content (AvgIpc) is 3.40. The second-order valence-corrected chi connectivity index (χ2v) is 11.6. The molecule has 2 N–H and O–H groups in total. The predicted molar refractivity (Wildman–Crippen MR) is 163 cm³/mol. The molecule has 2 saturated heterocycles. The van der Waals surface area contributed by atoms with E-state index in [4.69, 9.17) is 4.74 Å². The Morgan fingerprint density at radius 1 is 1.00 bits per heavy atom. The van der Waals surface area contributed by atoms with E-state index in [2.05, 4.69) is 32.2 Å². The first-order chi connectivity index (χ1) is 20.0. The van der Waals surface area contributed by atoms with Gasteiger partial charge in [0.1, 0.15) is 5.75 Å². The number of amides is 2. The van der Waals surface area contributed by atoms with E-state index >= 15 is 0 Å². The van der Waals surface area contributed by atoms with Crippen molar-refractivity contribution >= 4 is 22.7 Å². The molecule has 1 atom stereocenters. The second-order valence-electron chi connectivity index (χ2n) is 11.6. The summed E-state index contributed by atoms with van der Waals surface area (Å²) < 4.78 is 5.54. The highest BCUT2D eigenvalue weighted by molar-refractivity contribution is 5.83. The summed E-state index contributed by atoms with van der Waals surface area (Å²) in [5.41, 5.74) is 3.15. The number of carbonyl (C=O) groups excluding carboxylic acids is 2. The zero-order chi connectivity index (χ0) is 28.6. The van der Waals surface area contributed by atoms with Gasteiger partial charge in [-0.05, 0) is 62.9 Å². The summed E-state index contributed by atoms with van der Waals surface area (Å²) in [5.74, 6) is 0.741. The molecule has 5 rings (SSSR count). The highest BCUT2D eigenvalue weighted by Crippen LogP contribution is 2.23. The van der Waals surface area contributed by atoms with E-state index in [1.54, 1.807) is 14.0 Å². The monoisotopic (exact) mass is 559 g/mol. The molecule has 8 nitrogen and oxygen atoms in total. The number of likely N-dealkylation sites (tertiary alicyclic amines) is 2. The smallest absolute Gasteiger partial charge is 0.234 e. The quantitative estimate of drug-likeness (QED) is 0.368. The van der Waals surface area contributed by atoms with Crippen molar-refractivity contribution in [3.8, 4) is 5.75 Å². The van der Waals surface area contributed by atoms with Crippen molar-refractivity contribution in [2.24, 2.45) is 0 Å². The average molecular weight is 560 g/mol. The topological polar surface area (TPSA) is 80.9 Å². The van der Waals surface area contributed by atoms with Gasteiger partial charge in [-0.25, -0.2) is 0 Å². The number of ether oxygens (including phenoxy) is 1. The number of rotatable bonds is 11. The van der Waals surface area contributed by atoms with Crippen molar-refractivity contribution in [3.63, 3.8) is 0 Å². The molecule has 3 aromatic rings. The first-order valence-corrected chi connectivity index (χ1v) is 15.2. The van der Waals surface area contributed by atoms with Crippen molar-refractivity contribution in [3.05, 3.63) is 65.9 Å². The summed E-state index contributed by atoms with van der Waals surface area (Å²) in [5, 5.41) is 4.46. The zero-order valence-electron chi connectivity index (χ0n) is 24.6. The molecule has 2 aliphatic rings. The third-order valence-electron chi connectivity index (χ3n) is 8.78. The molecule has 0 aliphatic carbocycles. The highest BCUT2D eigenvalue weighted by atomic mass is 16.5. The third-order valence-corrected chi connectivity index (χ3v) is 8.78. The van der Waals surface area contributed by atoms with Crippen LogP contribution >= 0.6 is 0 Å². The molecule has 2 aliphatic heterocycles. The van der Waals surface area contributed by atoms with Crippen LogP contribution in [0.3, 0.4) is 0 Å². The van der Waals surface area contributed by atoms with E-state index in [1.807, 2.05) is 47.5 Å². The van der Waals surface area contributed by atoms with Gasteiger partial charge in [-0.3, -0.25) is 14.5 Å². The molecular weight excluding hydrogens is 514 g/mol. The Balaban J connectivity index is 1.25. The standard InChI is InChI=1S/C33H45N5O3/c1-25(39)38(22-26-10-4-7-13-32(26)41-2)23-28(20-27-21-34-31-12-6-5-11-30(27)31)35-33(40)24-36-18-14-29(15-19-36)37-16-8-3-9-17-37/h4-7,10-13,21,28-29,34H,3,8-9,14-20,22-24H2,1-2H3,(H,35,40)/t28-/m0/s1. The van der Waals surface area contributed by atoms with Crippen LogP contribution < -0.4 is 10.1 Å². The lowest BCUT2D eigenvalue weighted by Crippen LogP contribution is -2.51. The molecule has 0 bridgehead atoms. The molecule has 8 heteroatoms. The normalized spacial score (nSPS) is 17.8. The number of para-hydroxylation sites is 2. The minimum atomic E-state index is -0.230. The van der Waals surface area contributed by atoms with Gasteiger partial charge in [0, 0.05) is 61.8 Å². The molecule has 1 aromatic heterocycles. The number of hydrogen-bond donors (Lipinski definition) is 2. The number of nitrogens with one attached hydrogen (secondary N) is 2. The van der Waals surface area contributed by atoms with Crippen molar-refractivity contribution in [2.45, 2.75) is 64.1 Å². The van der Waals surface area contributed by atoms with Crippen LogP contribution in [0, 0.1) is 0 Å². The largest absolute Gasteiger partial charge is 0.496 e. The Hall–Kier alpha value is -3.36. The number of H-pyrrole nitrogens is 1. The fraction of sp³-hybridized carbons (Fsp3) is 0.515. The van der Waals surface area contributed by atoms with Gasteiger partial charge in [0.25, 0.3) is 0 Å². The number of hydrogen-bond acceptors (Lipinski definition) is 5. The molecule has 2 amide bonds. The minimum absolute atomic E-state index is 0.0204. The van der Waals surface area contributed by atoms with E-state index in [9.17, 15) is 9.59 Å². The Kier molecular flexibility index (Phi) is 9.96. The zero-order valence-corrected chi connectivity index (χ0v) is 24.6. The first kappa shape index (κ1) is 29.1. The van der Waals surface area contributed by atoms with Gasteiger partial charge in [-0.2, -0.15) is 0 Å². The van der Waals surface area contributed by atoms with Crippen LogP contribution in [0.1, 0.15) is 50.2 Å². The second kappa shape index (κ2) is 14.0. The maximum absolute atomic E-state index is 13.4. The molecule has 0 spiro atoms. The number of fused-ring (bicyclic) bond motifs is 1. The fourth-order valence-electron chi connectivity index (χ4n) is 6.54. The van der Waals surface area contributed by atoms with Crippen molar-refractivity contribution in [2.75, 3.05) is 46.4 Å². The Bertz CT molecular complexity index is 1290. The van der Waals surface area contributed by atoms with Gasteiger partial charge < -0.3 is 24.8 Å². The molecule has 0 radical (unpaired) electrons. The lowest BCUT2D eigenvalue weighted by atomic mass is 10.00. The van der Waals surface area contributed by atoms with Gasteiger partial charge >= 0.3 is 0 Å². The van der Waals surface area contributed by atoms with Crippen LogP contribution in [-0.4, -0.2) is 90.0 Å². The molecule has 2 fully saturated rings. The van der Waals surface area contributed by atoms with E-state index in [-0.39, 0.29) is 17.9 Å². The van der Waals surface area contributed by atoms with Gasteiger partial charge in [0.15, 0.2) is 0 Å². The Morgan fingerprint density at radius 2 is 1.73 bits per heavy atom. The van der Waals surface area contributed by atoms with E-state index in [1.165, 1.54) is 32.4 Å². The number of benzene rings is 2. The summed E-state index contributed by atoms with van der Waals surface area (Å²) >= 11 is 0. The Morgan fingerprint density at radius 3 is 2.49 bits per heavy atom. The molecule has 3 heterocycles. The molecular formula is C33H45N5O3. The summed E-state index contributed by atoms with van der Waals surface area (Å²) in [6, 6.07) is 16.4. The molecule has 220 valence electrons. The van der Waals surface area contributed by atoms with Gasteiger partial charge in [0.2, 0.25) is 11.8 Å². The first-order valence-electron chi connectivity index (χ1n) is 15.2. The fourth-order valence-corrected chi connectivity index (χ4v) is 6.54. The Labute approximate surface area is 244 Å². The van der Waals surface area contributed by atoms with Gasteiger partial charge in [-0.1, -0.05) is 42.8 Å².